The molecule has 2 amide bonds. The number of carbonyl (C=O) groups is 2. The molecule has 1 atom stereocenters. The highest BCUT2D eigenvalue weighted by Gasteiger charge is 2.30. The van der Waals surface area contributed by atoms with E-state index in [0.717, 1.165) is 30.7 Å². The van der Waals surface area contributed by atoms with Gasteiger partial charge in [0.1, 0.15) is 6.54 Å². The van der Waals surface area contributed by atoms with Gasteiger partial charge in [-0.05, 0) is 62.1 Å². The highest BCUT2D eigenvalue weighted by Crippen LogP contribution is 2.40. The molecular formula is C20H28N4O2S. The van der Waals surface area contributed by atoms with Crippen molar-refractivity contribution in [1.82, 2.24) is 20.6 Å². The van der Waals surface area contributed by atoms with Gasteiger partial charge >= 0.3 is 0 Å². The van der Waals surface area contributed by atoms with Crippen molar-refractivity contribution < 1.29 is 9.59 Å². The Morgan fingerprint density at radius 1 is 1.26 bits per heavy atom. The molecule has 146 valence electrons. The minimum Gasteiger partial charge on any atom is -0.271 e. The Kier molecular flexibility index (Phi) is 5.42. The maximum Gasteiger partial charge on any atom is 0.279 e. The van der Waals surface area contributed by atoms with Crippen LogP contribution in [-0.2, 0) is 24.2 Å². The molecule has 2 N–H and O–H groups in total. The molecule has 1 aliphatic carbocycles. The van der Waals surface area contributed by atoms with Crippen LogP contribution in [0.1, 0.15) is 58.7 Å². The van der Waals surface area contributed by atoms with E-state index in [-0.39, 0.29) is 23.8 Å². The topological polar surface area (TPSA) is 76.0 Å². The van der Waals surface area contributed by atoms with E-state index in [4.69, 9.17) is 0 Å². The van der Waals surface area contributed by atoms with Crippen LogP contribution in [0.25, 0.3) is 0 Å². The maximum absolute atomic E-state index is 12.4. The van der Waals surface area contributed by atoms with Crippen molar-refractivity contribution in [2.75, 3.05) is 0 Å². The van der Waals surface area contributed by atoms with Crippen LogP contribution < -0.4 is 10.9 Å². The van der Waals surface area contributed by atoms with Gasteiger partial charge in [-0.1, -0.05) is 20.8 Å². The molecule has 3 rings (SSSR count). The fourth-order valence-corrected chi connectivity index (χ4v) is 4.68. The highest BCUT2D eigenvalue weighted by molar-refractivity contribution is 7.14. The summed E-state index contributed by atoms with van der Waals surface area (Å²) >= 11 is 1.54. The molecule has 0 aromatic carbocycles. The first-order chi connectivity index (χ1) is 12.6. The van der Waals surface area contributed by atoms with Crippen LogP contribution in [-0.4, -0.2) is 21.6 Å². The smallest absolute Gasteiger partial charge is 0.271 e. The van der Waals surface area contributed by atoms with Crippen LogP contribution in [0.4, 0.5) is 0 Å². The zero-order valence-corrected chi connectivity index (χ0v) is 17.5. The normalized spacial score (nSPS) is 16.7. The Labute approximate surface area is 164 Å². The van der Waals surface area contributed by atoms with E-state index in [9.17, 15) is 9.59 Å². The molecule has 6 nitrogen and oxygen atoms in total. The van der Waals surface area contributed by atoms with Crippen molar-refractivity contribution in [1.29, 1.82) is 0 Å². The van der Waals surface area contributed by atoms with E-state index >= 15 is 0 Å². The number of nitrogens with zero attached hydrogens (tertiary/aromatic N) is 2. The standard InChI is InChI=1S/C20H28N4O2S/c1-12-8-13(2)24(23-12)11-18(25)21-22-19(26)17-10-14-9-15(20(3,4)5)6-7-16(14)27-17/h8,10,15H,6-7,9,11H2,1-5H3,(H,21,25)(H,22,26)/t15-/m0/s1. The predicted octanol–water partition coefficient (Wildman–Crippen LogP) is 3.17. The SMILES string of the molecule is Cc1cc(C)n(CC(=O)NNC(=O)c2cc3c(s2)CC[C@H](C(C)(C)C)C3)n1. The van der Waals surface area contributed by atoms with Crippen LogP contribution in [0.15, 0.2) is 12.1 Å². The Hall–Kier alpha value is -2.15. The molecular weight excluding hydrogens is 360 g/mol. The number of rotatable bonds is 3. The van der Waals surface area contributed by atoms with Crippen molar-refractivity contribution in [3.63, 3.8) is 0 Å². The third-order valence-corrected chi connectivity index (χ3v) is 6.48. The molecule has 0 unspecified atom stereocenters. The van der Waals surface area contributed by atoms with Gasteiger partial charge in [-0.3, -0.25) is 25.1 Å². The lowest BCUT2D eigenvalue weighted by Crippen LogP contribution is -2.43. The van der Waals surface area contributed by atoms with Gasteiger partial charge in [-0.2, -0.15) is 5.10 Å². The summed E-state index contributed by atoms with van der Waals surface area (Å²) in [5.74, 6) is 0.0723. The summed E-state index contributed by atoms with van der Waals surface area (Å²) in [6, 6.07) is 3.90. The van der Waals surface area contributed by atoms with E-state index < -0.39 is 0 Å². The molecule has 0 fully saturated rings. The van der Waals surface area contributed by atoms with E-state index in [1.165, 1.54) is 21.8 Å². The number of aryl methyl sites for hydroxylation is 3. The number of nitrogens with one attached hydrogen (secondary N) is 2. The second kappa shape index (κ2) is 7.46. The molecule has 2 aromatic rings. The second-order valence-electron chi connectivity index (χ2n) is 8.45. The summed E-state index contributed by atoms with van der Waals surface area (Å²) in [6.45, 7) is 10.7. The van der Waals surface area contributed by atoms with Gasteiger partial charge in [0.15, 0.2) is 0 Å². The molecule has 0 aliphatic heterocycles. The van der Waals surface area contributed by atoms with E-state index in [1.54, 1.807) is 4.68 Å². The van der Waals surface area contributed by atoms with Crippen molar-refractivity contribution in [2.24, 2.45) is 11.3 Å². The van der Waals surface area contributed by atoms with Crippen molar-refractivity contribution >= 4 is 23.2 Å². The van der Waals surface area contributed by atoms with E-state index in [0.29, 0.717) is 10.8 Å². The largest absolute Gasteiger partial charge is 0.279 e. The molecule has 0 bridgehead atoms. The molecule has 27 heavy (non-hydrogen) atoms. The van der Waals surface area contributed by atoms with Crippen molar-refractivity contribution in [2.45, 2.75) is 60.4 Å². The zero-order valence-electron chi connectivity index (χ0n) is 16.7. The lowest BCUT2D eigenvalue weighted by molar-refractivity contribution is -0.122. The lowest BCUT2D eigenvalue weighted by Gasteiger charge is -2.33. The summed E-state index contributed by atoms with van der Waals surface area (Å²) in [6.07, 6.45) is 3.21. The molecule has 0 radical (unpaired) electrons. The van der Waals surface area contributed by atoms with Gasteiger partial charge in [0.25, 0.3) is 11.8 Å². The van der Waals surface area contributed by atoms with Gasteiger partial charge in [0, 0.05) is 10.6 Å². The third-order valence-electron chi connectivity index (χ3n) is 5.24. The minimum atomic E-state index is -0.302. The summed E-state index contributed by atoms with van der Waals surface area (Å²) in [7, 11) is 0. The molecule has 1 aliphatic rings. The van der Waals surface area contributed by atoms with Crippen LogP contribution in [0, 0.1) is 25.2 Å². The number of carbonyl (C=O) groups excluding carboxylic acids is 2. The first kappa shape index (κ1) is 19.6. The number of fused-ring (bicyclic) bond motifs is 1. The second-order valence-corrected chi connectivity index (χ2v) is 9.59. The number of aromatic nitrogens is 2. The fourth-order valence-electron chi connectivity index (χ4n) is 3.57. The molecule has 0 spiro atoms. The molecule has 7 heteroatoms. The van der Waals surface area contributed by atoms with Crippen LogP contribution in [0.2, 0.25) is 0 Å². The Morgan fingerprint density at radius 3 is 2.63 bits per heavy atom. The number of hydrogen-bond donors (Lipinski definition) is 2. The highest BCUT2D eigenvalue weighted by atomic mass is 32.1. The quantitative estimate of drug-likeness (QED) is 0.793. The number of thiophene rings is 1. The van der Waals surface area contributed by atoms with Gasteiger partial charge in [0.2, 0.25) is 0 Å². The summed E-state index contributed by atoms with van der Waals surface area (Å²) in [5.41, 5.74) is 8.35. The van der Waals surface area contributed by atoms with Crippen LogP contribution >= 0.6 is 11.3 Å². The Bertz CT molecular complexity index is 860. The average molecular weight is 389 g/mol. The summed E-state index contributed by atoms with van der Waals surface area (Å²) in [4.78, 5) is 26.5. The zero-order chi connectivity index (χ0) is 19.8. The van der Waals surface area contributed by atoms with Gasteiger partial charge in [-0.25, -0.2) is 0 Å². The number of hydrogen-bond acceptors (Lipinski definition) is 4. The average Bonchev–Trinajstić information content (AvgIpc) is 3.14. The van der Waals surface area contributed by atoms with Crippen LogP contribution in [0.3, 0.4) is 0 Å². The van der Waals surface area contributed by atoms with E-state index in [2.05, 4.69) is 36.7 Å². The Balaban J connectivity index is 1.57. The summed E-state index contributed by atoms with van der Waals surface area (Å²) in [5, 5.41) is 4.25. The van der Waals surface area contributed by atoms with E-state index in [1.807, 2.05) is 26.0 Å². The van der Waals surface area contributed by atoms with Crippen LogP contribution in [0.5, 0.6) is 0 Å². The van der Waals surface area contributed by atoms with Gasteiger partial charge in [-0.15, -0.1) is 11.3 Å². The van der Waals surface area contributed by atoms with Crippen molar-refractivity contribution in [3.05, 3.63) is 38.8 Å². The maximum atomic E-state index is 12.4. The molecule has 0 saturated carbocycles. The first-order valence-electron chi connectivity index (χ1n) is 9.35. The van der Waals surface area contributed by atoms with Gasteiger partial charge in [0.05, 0.1) is 10.6 Å². The van der Waals surface area contributed by atoms with Gasteiger partial charge < -0.3 is 0 Å². The fraction of sp³-hybridized carbons (Fsp3) is 0.550. The Morgan fingerprint density at radius 2 is 2.00 bits per heavy atom. The lowest BCUT2D eigenvalue weighted by atomic mass is 9.72. The molecule has 2 heterocycles. The molecule has 2 aromatic heterocycles. The minimum absolute atomic E-state index is 0.0775. The van der Waals surface area contributed by atoms with Crippen molar-refractivity contribution in [3.8, 4) is 0 Å². The molecule has 0 saturated heterocycles. The summed E-state index contributed by atoms with van der Waals surface area (Å²) < 4.78 is 1.62. The number of hydrazine groups is 1. The number of amides is 2. The first-order valence-corrected chi connectivity index (χ1v) is 10.2. The predicted molar refractivity (Wildman–Crippen MR) is 107 cm³/mol. The monoisotopic (exact) mass is 388 g/mol. The third kappa shape index (κ3) is 4.58.